The summed E-state index contributed by atoms with van der Waals surface area (Å²) in [4.78, 5) is 35.2. The summed E-state index contributed by atoms with van der Waals surface area (Å²) < 4.78 is 21.7. The highest BCUT2D eigenvalue weighted by Crippen LogP contribution is 2.55. The van der Waals surface area contributed by atoms with E-state index in [2.05, 4.69) is 10.5 Å². The summed E-state index contributed by atoms with van der Waals surface area (Å²) in [6, 6.07) is 0. The molecule has 0 bridgehead atoms. The van der Waals surface area contributed by atoms with E-state index in [1.807, 2.05) is 0 Å². The standard InChI is InChI=1S/C4H10N2O6P2/c1-4(14(10,11)12)2-3(5-6-4)13(7,8)9/h6H,2H2,1H3,(H2,7,8,9)(H2,10,11,12). The fourth-order valence-corrected chi connectivity index (χ4v) is 2.27. The highest BCUT2D eigenvalue weighted by molar-refractivity contribution is 7.70. The van der Waals surface area contributed by atoms with Gasteiger partial charge in [0.25, 0.3) is 0 Å². The van der Waals surface area contributed by atoms with E-state index in [0.29, 0.717) is 0 Å². The molecule has 1 aliphatic heterocycles. The van der Waals surface area contributed by atoms with Crippen LogP contribution in [0.5, 0.6) is 0 Å². The van der Waals surface area contributed by atoms with Gasteiger partial charge in [-0.25, -0.2) is 0 Å². The molecule has 1 rings (SSSR count). The van der Waals surface area contributed by atoms with Crippen molar-refractivity contribution in [3.05, 3.63) is 0 Å². The smallest absolute Gasteiger partial charge is 0.323 e. The molecule has 1 unspecified atom stereocenters. The van der Waals surface area contributed by atoms with Crippen molar-refractivity contribution in [3.63, 3.8) is 0 Å². The fourth-order valence-electron chi connectivity index (χ4n) is 0.908. The minimum atomic E-state index is -4.52. The van der Waals surface area contributed by atoms with Crippen molar-refractivity contribution in [2.24, 2.45) is 5.10 Å². The van der Waals surface area contributed by atoms with Gasteiger partial charge in [-0.15, -0.1) is 0 Å². The third kappa shape index (κ3) is 2.06. The lowest BCUT2D eigenvalue weighted by atomic mass is 10.3. The van der Waals surface area contributed by atoms with E-state index < -0.39 is 32.3 Å². The van der Waals surface area contributed by atoms with Gasteiger partial charge in [-0.1, -0.05) is 0 Å². The zero-order valence-corrected chi connectivity index (χ0v) is 8.94. The van der Waals surface area contributed by atoms with Crippen LogP contribution in [0.4, 0.5) is 0 Å². The van der Waals surface area contributed by atoms with Gasteiger partial charge in [-0.3, -0.25) is 14.6 Å². The Bertz CT molecular complexity index is 368. The van der Waals surface area contributed by atoms with Crippen molar-refractivity contribution in [2.45, 2.75) is 18.6 Å². The van der Waals surface area contributed by atoms with Crippen LogP contribution in [0.3, 0.4) is 0 Å². The molecule has 0 saturated heterocycles. The molecule has 0 radical (unpaired) electrons. The summed E-state index contributed by atoms with van der Waals surface area (Å²) in [7, 11) is -9.02. The molecule has 10 heteroatoms. The SMILES string of the molecule is CC1(P(=O)(O)O)CC(P(=O)(O)O)=NN1. The van der Waals surface area contributed by atoms with Crippen LogP contribution in [0.2, 0.25) is 0 Å². The predicted octanol–water partition coefficient (Wildman–Crippen LogP) is -0.635. The lowest BCUT2D eigenvalue weighted by Gasteiger charge is -2.24. The Morgan fingerprint density at radius 3 is 2.07 bits per heavy atom. The van der Waals surface area contributed by atoms with Gasteiger partial charge in [0.1, 0.15) is 0 Å². The number of hydrogen-bond acceptors (Lipinski definition) is 4. The Morgan fingerprint density at radius 2 is 1.86 bits per heavy atom. The molecule has 5 N–H and O–H groups in total. The molecule has 82 valence electrons. The maximum absolute atomic E-state index is 10.9. The molecule has 8 nitrogen and oxygen atoms in total. The first-order valence-electron chi connectivity index (χ1n) is 3.52. The highest BCUT2D eigenvalue weighted by atomic mass is 31.2. The quantitative estimate of drug-likeness (QED) is 0.407. The van der Waals surface area contributed by atoms with E-state index in [-0.39, 0.29) is 0 Å². The van der Waals surface area contributed by atoms with Gasteiger partial charge in [0.05, 0.1) is 0 Å². The first kappa shape index (κ1) is 11.8. The van der Waals surface area contributed by atoms with Crippen molar-refractivity contribution in [2.75, 3.05) is 0 Å². The fraction of sp³-hybridized carbons (Fsp3) is 0.750. The van der Waals surface area contributed by atoms with E-state index in [4.69, 9.17) is 19.6 Å². The van der Waals surface area contributed by atoms with Crippen molar-refractivity contribution in [1.29, 1.82) is 0 Å². The van der Waals surface area contributed by atoms with Crippen molar-refractivity contribution in [3.8, 4) is 0 Å². The number of rotatable bonds is 2. The number of nitrogens with one attached hydrogen (secondary N) is 1. The van der Waals surface area contributed by atoms with Crippen molar-refractivity contribution < 1.29 is 28.7 Å². The molecule has 0 aliphatic carbocycles. The topological polar surface area (TPSA) is 139 Å². The average Bonchev–Trinajstić information content (AvgIpc) is 2.29. The first-order chi connectivity index (χ1) is 6.06. The number of nitrogens with zero attached hydrogens (tertiary/aromatic N) is 1. The van der Waals surface area contributed by atoms with Crippen molar-refractivity contribution in [1.82, 2.24) is 5.43 Å². The molecular formula is C4H10N2O6P2. The lowest BCUT2D eigenvalue weighted by molar-refractivity contribution is 0.318. The molecule has 1 atom stereocenters. The molecule has 0 aromatic carbocycles. The Hall–Kier alpha value is -0.230. The Labute approximate surface area is 79.3 Å². The van der Waals surface area contributed by atoms with Crippen LogP contribution in [-0.2, 0) is 9.13 Å². The number of hydrazone groups is 1. The third-order valence-electron chi connectivity index (χ3n) is 1.91. The highest BCUT2D eigenvalue weighted by Gasteiger charge is 2.49. The van der Waals surface area contributed by atoms with Crippen LogP contribution in [-0.4, -0.2) is 30.3 Å². The van der Waals surface area contributed by atoms with E-state index >= 15 is 0 Å². The summed E-state index contributed by atoms with van der Waals surface area (Å²) in [6.07, 6.45) is -0.471. The van der Waals surface area contributed by atoms with Gasteiger partial charge in [-0.05, 0) is 6.92 Å². The van der Waals surface area contributed by atoms with E-state index in [0.717, 1.165) is 6.92 Å². The summed E-state index contributed by atoms with van der Waals surface area (Å²) >= 11 is 0. The van der Waals surface area contributed by atoms with Crippen LogP contribution < -0.4 is 5.43 Å². The molecule has 14 heavy (non-hydrogen) atoms. The Balaban J connectivity index is 2.92. The Kier molecular flexibility index (Phi) is 2.65. The predicted molar refractivity (Wildman–Crippen MR) is 47.7 cm³/mol. The lowest BCUT2D eigenvalue weighted by Crippen LogP contribution is -2.34. The monoisotopic (exact) mass is 244 g/mol. The van der Waals surface area contributed by atoms with Gasteiger partial charge in [0, 0.05) is 6.42 Å². The zero-order chi connectivity index (χ0) is 11.2. The first-order valence-corrected chi connectivity index (χ1v) is 6.74. The third-order valence-corrected chi connectivity index (χ3v) is 4.38. The van der Waals surface area contributed by atoms with Crippen LogP contribution >= 0.6 is 15.2 Å². The minimum Gasteiger partial charge on any atom is -0.323 e. The molecule has 0 aromatic heterocycles. The summed E-state index contributed by atoms with van der Waals surface area (Å²) in [5.41, 5.74) is 1.52. The van der Waals surface area contributed by atoms with E-state index in [9.17, 15) is 9.13 Å². The zero-order valence-electron chi connectivity index (χ0n) is 7.15. The molecule has 0 saturated carbocycles. The van der Waals surface area contributed by atoms with Gasteiger partial charge in [0.2, 0.25) is 0 Å². The summed E-state index contributed by atoms with van der Waals surface area (Å²) in [6.45, 7) is 1.15. The summed E-state index contributed by atoms with van der Waals surface area (Å²) in [5.74, 6) is 0. The Morgan fingerprint density at radius 1 is 1.36 bits per heavy atom. The molecule has 0 fully saturated rings. The average molecular weight is 244 g/mol. The molecular weight excluding hydrogens is 234 g/mol. The second kappa shape index (κ2) is 3.13. The molecule has 1 heterocycles. The van der Waals surface area contributed by atoms with E-state index in [1.54, 1.807) is 0 Å². The van der Waals surface area contributed by atoms with Gasteiger partial charge >= 0.3 is 15.2 Å². The molecule has 1 aliphatic rings. The van der Waals surface area contributed by atoms with Crippen LogP contribution in [0.1, 0.15) is 13.3 Å². The maximum Gasteiger partial charge on any atom is 0.372 e. The second-order valence-electron chi connectivity index (χ2n) is 3.18. The molecule has 0 spiro atoms. The second-order valence-corrected chi connectivity index (χ2v) is 6.86. The van der Waals surface area contributed by atoms with Crippen LogP contribution in [0.15, 0.2) is 5.10 Å². The normalized spacial score (nSPS) is 28.5. The van der Waals surface area contributed by atoms with Gasteiger partial charge in [-0.2, -0.15) is 5.10 Å². The number of hydrogen-bond donors (Lipinski definition) is 5. The van der Waals surface area contributed by atoms with Crippen LogP contribution in [0.25, 0.3) is 0 Å². The summed E-state index contributed by atoms with van der Waals surface area (Å²) in [5, 5.41) is 1.52. The maximum atomic E-state index is 10.9. The molecule has 0 aromatic rings. The van der Waals surface area contributed by atoms with Crippen molar-refractivity contribution >= 4 is 20.6 Å². The van der Waals surface area contributed by atoms with E-state index in [1.165, 1.54) is 0 Å². The van der Waals surface area contributed by atoms with Gasteiger partial charge < -0.3 is 19.6 Å². The van der Waals surface area contributed by atoms with Gasteiger partial charge in [0.15, 0.2) is 10.7 Å². The molecule has 0 amide bonds. The minimum absolute atomic E-state index is 0.471. The van der Waals surface area contributed by atoms with Crippen LogP contribution in [0, 0.1) is 0 Å². The largest absolute Gasteiger partial charge is 0.372 e.